The van der Waals surface area contributed by atoms with E-state index in [-0.39, 0.29) is 12.3 Å². The van der Waals surface area contributed by atoms with E-state index in [2.05, 4.69) is 5.10 Å². The minimum Gasteiger partial charge on any atom is -0.465 e. The molecule has 0 amide bonds. The Balaban J connectivity index is 2.02. The molecule has 1 heterocycles. The SMILES string of the molecule is CCOC(=O)[C@@H](Cc1ccccc1)c1ccnn1-c1ccc(F)cc1F. The number of esters is 1. The van der Waals surface area contributed by atoms with Gasteiger partial charge in [0, 0.05) is 12.3 Å². The summed E-state index contributed by atoms with van der Waals surface area (Å²) >= 11 is 0. The normalized spacial score (nSPS) is 12.0. The summed E-state index contributed by atoms with van der Waals surface area (Å²) in [7, 11) is 0. The van der Waals surface area contributed by atoms with E-state index in [1.807, 2.05) is 30.3 Å². The largest absolute Gasteiger partial charge is 0.465 e. The predicted molar refractivity (Wildman–Crippen MR) is 93.0 cm³/mol. The summed E-state index contributed by atoms with van der Waals surface area (Å²) in [4.78, 5) is 12.6. The summed E-state index contributed by atoms with van der Waals surface area (Å²) in [5, 5.41) is 4.13. The molecule has 0 fully saturated rings. The summed E-state index contributed by atoms with van der Waals surface area (Å²) in [5.41, 5.74) is 1.50. The van der Waals surface area contributed by atoms with Crippen molar-refractivity contribution in [3.05, 3.63) is 83.7 Å². The summed E-state index contributed by atoms with van der Waals surface area (Å²) in [6, 6.07) is 14.4. The van der Waals surface area contributed by atoms with Crippen LogP contribution in [-0.2, 0) is 16.0 Å². The van der Waals surface area contributed by atoms with Crippen molar-refractivity contribution in [3.63, 3.8) is 0 Å². The van der Waals surface area contributed by atoms with E-state index < -0.39 is 23.5 Å². The zero-order valence-electron chi connectivity index (χ0n) is 14.2. The smallest absolute Gasteiger partial charge is 0.315 e. The lowest BCUT2D eigenvalue weighted by atomic mass is 9.96. The zero-order valence-corrected chi connectivity index (χ0v) is 14.2. The maximum absolute atomic E-state index is 14.2. The highest BCUT2D eigenvalue weighted by Gasteiger charge is 2.27. The lowest BCUT2D eigenvalue weighted by molar-refractivity contribution is -0.145. The van der Waals surface area contributed by atoms with Crippen LogP contribution in [0.5, 0.6) is 0 Å². The fourth-order valence-corrected chi connectivity index (χ4v) is 2.83. The van der Waals surface area contributed by atoms with Crippen molar-refractivity contribution in [1.82, 2.24) is 9.78 Å². The number of aromatic nitrogens is 2. The average molecular weight is 356 g/mol. The van der Waals surface area contributed by atoms with Gasteiger partial charge in [0.1, 0.15) is 17.4 Å². The summed E-state index contributed by atoms with van der Waals surface area (Å²) in [5.74, 6) is -2.51. The third-order valence-electron chi connectivity index (χ3n) is 4.02. The molecule has 3 aromatic rings. The highest BCUT2D eigenvalue weighted by Crippen LogP contribution is 2.26. The second-order valence-electron chi connectivity index (χ2n) is 5.76. The monoisotopic (exact) mass is 356 g/mol. The van der Waals surface area contributed by atoms with E-state index in [9.17, 15) is 13.6 Å². The maximum Gasteiger partial charge on any atom is 0.315 e. The second kappa shape index (κ2) is 7.91. The first-order valence-electron chi connectivity index (χ1n) is 8.30. The third kappa shape index (κ3) is 3.79. The first-order chi connectivity index (χ1) is 12.6. The fraction of sp³-hybridized carbons (Fsp3) is 0.200. The van der Waals surface area contributed by atoms with Gasteiger partial charge in [-0.15, -0.1) is 0 Å². The second-order valence-corrected chi connectivity index (χ2v) is 5.76. The Morgan fingerprint density at radius 1 is 1.15 bits per heavy atom. The van der Waals surface area contributed by atoms with Gasteiger partial charge < -0.3 is 4.74 Å². The average Bonchev–Trinajstić information content (AvgIpc) is 3.10. The standard InChI is InChI=1S/C20H18F2N2O2/c1-2-26-20(25)16(12-14-6-4-3-5-7-14)18-10-11-23-24(18)19-9-8-15(21)13-17(19)22/h3-11,13,16H,2,12H2,1H3/t16-/m0/s1. The van der Waals surface area contributed by atoms with E-state index in [1.54, 1.807) is 13.0 Å². The number of halogens is 2. The van der Waals surface area contributed by atoms with Crippen molar-refractivity contribution in [2.45, 2.75) is 19.3 Å². The van der Waals surface area contributed by atoms with Crippen LogP contribution in [0, 0.1) is 11.6 Å². The molecule has 0 spiro atoms. The Morgan fingerprint density at radius 2 is 1.92 bits per heavy atom. The van der Waals surface area contributed by atoms with E-state index in [0.717, 1.165) is 17.7 Å². The Bertz CT molecular complexity index is 894. The summed E-state index contributed by atoms with van der Waals surface area (Å²) in [6.45, 7) is 1.97. The molecule has 2 aromatic carbocycles. The van der Waals surface area contributed by atoms with Crippen molar-refractivity contribution in [2.75, 3.05) is 6.61 Å². The molecule has 0 aliphatic rings. The van der Waals surface area contributed by atoms with Crippen LogP contribution in [0.25, 0.3) is 5.69 Å². The molecule has 0 saturated carbocycles. The van der Waals surface area contributed by atoms with Crippen LogP contribution < -0.4 is 0 Å². The molecule has 6 heteroatoms. The Morgan fingerprint density at radius 3 is 2.62 bits per heavy atom. The molecule has 1 aromatic heterocycles. The van der Waals surface area contributed by atoms with Gasteiger partial charge in [0.2, 0.25) is 0 Å². The van der Waals surface area contributed by atoms with E-state index in [0.29, 0.717) is 12.1 Å². The molecule has 1 atom stereocenters. The summed E-state index contributed by atoms with van der Waals surface area (Å²) < 4.78 is 34.0. The minimum atomic E-state index is -0.753. The number of rotatable bonds is 6. The molecule has 0 aliphatic heterocycles. The van der Waals surface area contributed by atoms with Gasteiger partial charge in [-0.1, -0.05) is 30.3 Å². The number of nitrogens with zero attached hydrogens (tertiary/aromatic N) is 2. The van der Waals surface area contributed by atoms with Gasteiger partial charge in [0.25, 0.3) is 0 Å². The highest BCUT2D eigenvalue weighted by atomic mass is 19.1. The predicted octanol–water partition coefficient (Wildman–Crippen LogP) is 4.04. The molecular formula is C20H18F2N2O2. The van der Waals surface area contributed by atoms with Crippen molar-refractivity contribution in [2.24, 2.45) is 0 Å². The maximum atomic E-state index is 14.2. The van der Waals surface area contributed by atoms with E-state index in [1.165, 1.54) is 16.9 Å². The molecule has 0 bridgehead atoms. The van der Waals surface area contributed by atoms with Crippen LogP contribution in [0.1, 0.15) is 24.1 Å². The molecule has 3 rings (SSSR count). The van der Waals surface area contributed by atoms with Crippen molar-refractivity contribution in [3.8, 4) is 5.69 Å². The van der Waals surface area contributed by atoms with Crippen molar-refractivity contribution >= 4 is 5.97 Å². The van der Waals surface area contributed by atoms with Gasteiger partial charge in [0.15, 0.2) is 5.82 Å². The number of ether oxygens (including phenoxy) is 1. The third-order valence-corrected chi connectivity index (χ3v) is 4.02. The van der Waals surface area contributed by atoms with Crippen LogP contribution in [0.4, 0.5) is 8.78 Å². The zero-order chi connectivity index (χ0) is 18.5. The molecule has 0 aliphatic carbocycles. The van der Waals surface area contributed by atoms with Crippen LogP contribution in [0.3, 0.4) is 0 Å². The van der Waals surface area contributed by atoms with E-state index >= 15 is 0 Å². The molecule has 0 unspecified atom stereocenters. The van der Waals surface area contributed by atoms with Gasteiger partial charge in [-0.2, -0.15) is 5.10 Å². The van der Waals surface area contributed by atoms with Gasteiger partial charge in [-0.3, -0.25) is 4.79 Å². The summed E-state index contributed by atoms with van der Waals surface area (Å²) in [6.07, 6.45) is 1.86. The first-order valence-corrected chi connectivity index (χ1v) is 8.30. The van der Waals surface area contributed by atoms with Gasteiger partial charge >= 0.3 is 5.97 Å². The van der Waals surface area contributed by atoms with Crippen LogP contribution in [0.2, 0.25) is 0 Å². The molecule has 26 heavy (non-hydrogen) atoms. The molecule has 4 nitrogen and oxygen atoms in total. The van der Waals surface area contributed by atoms with E-state index in [4.69, 9.17) is 4.74 Å². The van der Waals surface area contributed by atoms with Crippen LogP contribution >= 0.6 is 0 Å². The fourth-order valence-electron chi connectivity index (χ4n) is 2.83. The van der Waals surface area contributed by atoms with Gasteiger partial charge in [-0.25, -0.2) is 13.5 Å². The highest BCUT2D eigenvalue weighted by molar-refractivity contribution is 5.78. The molecule has 0 N–H and O–H groups in total. The van der Waals surface area contributed by atoms with Crippen LogP contribution in [0.15, 0.2) is 60.8 Å². The lowest BCUT2D eigenvalue weighted by Gasteiger charge is -2.18. The quantitative estimate of drug-likeness (QED) is 0.626. The molecular weight excluding hydrogens is 338 g/mol. The lowest BCUT2D eigenvalue weighted by Crippen LogP contribution is -2.21. The molecule has 134 valence electrons. The van der Waals surface area contributed by atoms with Crippen molar-refractivity contribution < 1.29 is 18.3 Å². The first kappa shape index (κ1) is 17.8. The number of benzene rings is 2. The number of carbonyl (C=O) groups is 1. The Labute approximate surface area is 150 Å². The Kier molecular flexibility index (Phi) is 5.41. The topological polar surface area (TPSA) is 44.1 Å². The van der Waals surface area contributed by atoms with Gasteiger partial charge in [-0.05, 0) is 37.1 Å². The molecule has 0 radical (unpaired) electrons. The number of hydrogen-bond donors (Lipinski definition) is 0. The minimum absolute atomic E-state index is 0.0776. The van der Waals surface area contributed by atoms with Crippen molar-refractivity contribution in [1.29, 1.82) is 0 Å². The molecule has 0 saturated heterocycles. The van der Waals surface area contributed by atoms with Gasteiger partial charge in [0.05, 0.1) is 12.3 Å². The van der Waals surface area contributed by atoms with Crippen LogP contribution in [-0.4, -0.2) is 22.4 Å². The number of hydrogen-bond acceptors (Lipinski definition) is 3. The Hall–Kier alpha value is -3.02. The number of carbonyl (C=O) groups excluding carboxylic acids is 1.